The van der Waals surface area contributed by atoms with Crippen LogP contribution in [0.25, 0.3) is 0 Å². The van der Waals surface area contributed by atoms with E-state index in [0.717, 1.165) is 37.7 Å². The predicted octanol–water partition coefficient (Wildman–Crippen LogP) is 4.85. The van der Waals surface area contributed by atoms with Crippen molar-refractivity contribution < 1.29 is 9.22 Å². The summed E-state index contributed by atoms with van der Waals surface area (Å²) in [7, 11) is -1.81. The van der Waals surface area contributed by atoms with Gasteiger partial charge in [0.1, 0.15) is 5.78 Å². The lowest BCUT2D eigenvalue weighted by molar-refractivity contribution is -0.117. The summed E-state index contributed by atoms with van der Waals surface area (Å²) in [5.41, 5.74) is 0. The van der Waals surface area contributed by atoms with Crippen LogP contribution >= 0.6 is 12.6 Å². The number of unbranched alkanes of at least 4 members (excludes halogenated alkanes) is 4. The van der Waals surface area contributed by atoms with E-state index in [0.29, 0.717) is 11.8 Å². The summed E-state index contributed by atoms with van der Waals surface area (Å²) in [6, 6.07) is 1.76. The Balaban J connectivity index is 3.95. The molecule has 0 aromatic rings. The monoisotopic (exact) mass is 304 g/mol. The van der Waals surface area contributed by atoms with Crippen LogP contribution in [0.15, 0.2) is 0 Å². The highest BCUT2D eigenvalue weighted by molar-refractivity contribution is 7.80. The van der Waals surface area contributed by atoms with Gasteiger partial charge in [-0.1, -0.05) is 32.6 Å². The zero-order valence-electron chi connectivity index (χ0n) is 13.0. The number of hydrogen-bond donors (Lipinski definition) is 1. The van der Waals surface area contributed by atoms with Gasteiger partial charge in [-0.15, -0.1) is 0 Å². The molecule has 0 aromatic heterocycles. The SMILES string of the molecule is CCCCCCCC(=O)C[Si](C)(CCCS)OCC. The van der Waals surface area contributed by atoms with Crippen molar-refractivity contribution in [2.45, 2.75) is 77.4 Å². The van der Waals surface area contributed by atoms with Crippen molar-refractivity contribution in [2.24, 2.45) is 0 Å². The van der Waals surface area contributed by atoms with Gasteiger partial charge in [-0.25, -0.2) is 0 Å². The quantitative estimate of drug-likeness (QED) is 0.299. The van der Waals surface area contributed by atoms with Crippen molar-refractivity contribution in [3.05, 3.63) is 0 Å². The molecule has 0 aliphatic heterocycles. The van der Waals surface area contributed by atoms with E-state index in [-0.39, 0.29) is 0 Å². The van der Waals surface area contributed by atoms with E-state index in [2.05, 4.69) is 26.1 Å². The Labute approximate surface area is 126 Å². The average Bonchev–Trinajstić information content (AvgIpc) is 2.36. The first kappa shape index (κ1) is 19.2. The number of thiol groups is 1. The van der Waals surface area contributed by atoms with Crippen molar-refractivity contribution in [2.75, 3.05) is 12.4 Å². The van der Waals surface area contributed by atoms with Gasteiger partial charge in [-0.3, -0.25) is 4.79 Å². The fraction of sp³-hybridized carbons (Fsp3) is 0.933. The molecule has 1 unspecified atom stereocenters. The van der Waals surface area contributed by atoms with Gasteiger partial charge in [0.25, 0.3) is 0 Å². The van der Waals surface area contributed by atoms with Crippen molar-refractivity contribution in [3.63, 3.8) is 0 Å². The van der Waals surface area contributed by atoms with Gasteiger partial charge >= 0.3 is 0 Å². The van der Waals surface area contributed by atoms with E-state index in [1.54, 1.807) is 0 Å². The van der Waals surface area contributed by atoms with Crippen molar-refractivity contribution in [1.29, 1.82) is 0 Å². The Morgan fingerprint density at radius 2 is 1.79 bits per heavy atom. The molecule has 0 spiro atoms. The molecule has 0 saturated heterocycles. The van der Waals surface area contributed by atoms with Crippen LogP contribution in [-0.2, 0) is 9.22 Å². The van der Waals surface area contributed by atoms with Crippen LogP contribution in [0.5, 0.6) is 0 Å². The summed E-state index contributed by atoms with van der Waals surface area (Å²) >= 11 is 4.26. The first-order valence-corrected chi connectivity index (χ1v) is 11.3. The molecule has 0 fully saturated rings. The predicted molar refractivity (Wildman–Crippen MR) is 89.7 cm³/mol. The molecular weight excluding hydrogens is 272 g/mol. The third-order valence-corrected chi connectivity index (χ3v) is 7.34. The third-order valence-electron chi connectivity index (χ3n) is 3.49. The zero-order chi connectivity index (χ0) is 14.6. The Hall–Kier alpha value is 0.197. The second kappa shape index (κ2) is 12.0. The van der Waals surface area contributed by atoms with E-state index in [1.807, 2.05) is 6.92 Å². The molecule has 0 rings (SSSR count). The lowest BCUT2D eigenvalue weighted by Gasteiger charge is -2.26. The van der Waals surface area contributed by atoms with E-state index >= 15 is 0 Å². The Bertz CT molecular complexity index is 236. The second-order valence-electron chi connectivity index (χ2n) is 5.59. The minimum atomic E-state index is -1.81. The van der Waals surface area contributed by atoms with Crippen LogP contribution in [0.1, 0.15) is 58.8 Å². The number of rotatable bonds is 13. The van der Waals surface area contributed by atoms with Gasteiger partial charge < -0.3 is 4.43 Å². The van der Waals surface area contributed by atoms with E-state index < -0.39 is 8.32 Å². The van der Waals surface area contributed by atoms with E-state index in [4.69, 9.17) is 4.43 Å². The molecule has 1 atom stereocenters. The first-order valence-electron chi connectivity index (χ1n) is 7.84. The molecule has 114 valence electrons. The van der Waals surface area contributed by atoms with Crippen LogP contribution in [-0.4, -0.2) is 26.5 Å². The Morgan fingerprint density at radius 3 is 2.37 bits per heavy atom. The van der Waals surface area contributed by atoms with E-state index in [1.165, 1.54) is 25.7 Å². The molecule has 2 nitrogen and oxygen atoms in total. The topological polar surface area (TPSA) is 26.3 Å². The molecular formula is C15H32O2SSi. The Kier molecular flexibility index (Phi) is 12.1. The summed E-state index contributed by atoms with van der Waals surface area (Å²) in [6.07, 6.45) is 7.89. The van der Waals surface area contributed by atoms with Crippen LogP contribution in [0.4, 0.5) is 0 Å². The fourth-order valence-corrected chi connectivity index (χ4v) is 5.96. The highest BCUT2D eigenvalue weighted by Gasteiger charge is 2.30. The number of carbonyl (C=O) groups is 1. The summed E-state index contributed by atoms with van der Waals surface area (Å²) in [5.74, 6) is 1.30. The summed E-state index contributed by atoms with van der Waals surface area (Å²) in [4.78, 5) is 12.1. The normalized spacial score (nSPS) is 14.3. The standard InChI is InChI=1S/C15H32O2SSi/c1-4-6-7-8-9-11-15(16)14-19(3,17-5-2)13-10-12-18/h18H,4-14H2,1-3H3. The van der Waals surface area contributed by atoms with Crippen LogP contribution in [0.3, 0.4) is 0 Å². The molecule has 0 saturated carbocycles. The fourth-order valence-electron chi connectivity index (χ4n) is 2.44. The zero-order valence-corrected chi connectivity index (χ0v) is 14.9. The molecule has 19 heavy (non-hydrogen) atoms. The van der Waals surface area contributed by atoms with E-state index in [9.17, 15) is 4.79 Å². The molecule has 0 aliphatic carbocycles. The van der Waals surface area contributed by atoms with Gasteiger partial charge in [0.05, 0.1) is 0 Å². The largest absolute Gasteiger partial charge is 0.417 e. The van der Waals surface area contributed by atoms with Crippen molar-refractivity contribution >= 4 is 26.7 Å². The van der Waals surface area contributed by atoms with Crippen LogP contribution in [0.2, 0.25) is 18.6 Å². The minimum Gasteiger partial charge on any atom is -0.417 e. The van der Waals surface area contributed by atoms with Crippen molar-refractivity contribution in [1.82, 2.24) is 0 Å². The number of hydrogen-bond acceptors (Lipinski definition) is 3. The molecule has 4 heteroatoms. The third kappa shape index (κ3) is 10.6. The van der Waals surface area contributed by atoms with Gasteiger partial charge in [-0.2, -0.15) is 12.6 Å². The first-order chi connectivity index (χ1) is 9.08. The molecule has 0 heterocycles. The number of carbonyl (C=O) groups excluding carboxylic acids is 1. The van der Waals surface area contributed by atoms with Gasteiger partial charge in [0.2, 0.25) is 0 Å². The van der Waals surface area contributed by atoms with Gasteiger partial charge in [0.15, 0.2) is 8.32 Å². The van der Waals surface area contributed by atoms with Gasteiger partial charge in [0, 0.05) is 19.1 Å². The Morgan fingerprint density at radius 1 is 1.11 bits per heavy atom. The lowest BCUT2D eigenvalue weighted by atomic mass is 10.1. The van der Waals surface area contributed by atoms with Crippen LogP contribution < -0.4 is 0 Å². The maximum Gasteiger partial charge on any atom is 0.196 e. The molecule has 0 N–H and O–H groups in total. The molecule has 0 aromatic carbocycles. The number of ketones is 1. The average molecular weight is 305 g/mol. The molecule has 0 amide bonds. The second-order valence-corrected chi connectivity index (χ2v) is 10.1. The summed E-state index contributed by atoms with van der Waals surface area (Å²) in [6.45, 7) is 7.18. The minimum absolute atomic E-state index is 0.415. The van der Waals surface area contributed by atoms with Gasteiger partial charge in [-0.05, 0) is 38.1 Å². The summed E-state index contributed by atoms with van der Waals surface area (Å²) in [5, 5.41) is 0. The molecule has 0 bridgehead atoms. The highest BCUT2D eigenvalue weighted by Crippen LogP contribution is 2.21. The smallest absolute Gasteiger partial charge is 0.196 e. The molecule has 0 radical (unpaired) electrons. The summed E-state index contributed by atoms with van der Waals surface area (Å²) < 4.78 is 5.93. The highest BCUT2D eigenvalue weighted by atomic mass is 32.1. The maximum absolute atomic E-state index is 12.1. The van der Waals surface area contributed by atoms with Crippen molar-refractivity contribution in [3.8, 4) is 0 Å². The molecule has 0 aliphatic rings. The number of Topliss-reactive ketones (excluding diaryl/α,β-unsaturated/α-hetero) is 1. The maximum atomic E-state index is 12.1. The lowest BCUT2D eigenvalue weighted by Crippen LogP contribution is -2.37. The van der Waals surface area contributed by atoms with Crippen LogP contribution in [0, 0.1) is 0 Å².